The first-order chi connectivity index (χ1) is 7.20. The molecule has 1 N–H and O–H groups in total. The normalized spacial score (nSPS) is 20.1. The zero-order valence-corrected chi connectivity index (χ0v) is 9.76. The Balaban J connectivity index is 0.000000921. The van der Waals surface area contributed by atoms with E-state index in [0.29, 0.717) is 19.4 Å². The SMILES string of the molecule is C=C.CSC1CC(=O)N(CCCO)C1=O. The molecule has 2 amide bonds. The Morgan fingerprint density at radius 3 is 2.53 bits per heavy atom. The van der Waals surface area contributed by atoms with E-state index in [9.17, 15) is 9.59 Å². The second kappa shape index (κ2) is 7.48. The van der Waals surface area contributed by atoms with E-state index in [1.54, 1.807) is 0 Å². The van der Waals surface area contributed by atoms with Crippen molar-refractivity contribution >= 4 is 23.6 Å². The average Bonchev–Trinajstić information content (AvgIpc) is 2.54. The lowest BCUT2D eigenvalue weighted by atomic mass is 10.4. The predicted molar refractivity (Wildman–Crippen MR) is 61.6 cm³/mol. The third kappa shape index (κ3) is 3.68. The topological polar surface area (TPSA) is 57.6 Å². The lowest BCUT2D eigenvalue weighted by Crippen LogP contribution is -2.32. The Morgan fingerprint density at radius 2 is 2.13 bits per heavy atom. The minimum atomic E-state index is -0.203. The van der Waals surface area contributed by atoms with Crippen LogP contribution in [0.4, 0.5) is 0 Å². The molecule has 4 nitrogen and oxygen atoms in total. The standard InChI is InChI=1S/C8H13NO3S.C2H4/c1-13-6-5-7(11)9(8(6)12)3-2-4-10;1-2/h6,10H,2-5H2,1H3;1-2H2. The van der Waals surface area contributed by atoms with Crippen LogP contribution in [0.3, 0.4) is 0 Å². The van der Waals surface area contributed by atoms with Crippen molar-refractivity contribution in [2.75, 3.05) is 19.4 Å². The fourth-order valence-electron chi connectivity index (χ4n) is 1.30. The van der Waals surface area contributed by atoms with Gasteiger partial charge in [0.25, 0.3) is 0 Å². The minimum Gasteiger partial charge on any atom is -0.396 e. The summed E-state index contributed by atoms with van der Waals surface area (Å²) < 4.78 is 0. The highest BCUT2D eigenvalue weighted by atomic mass is 32.2. The molecule has 1 aliphatic heterocycles. The Labute approximate surface area is 94.3 Å². The van der Waals surface area contributed by atoms with Gasteiger partial charge in [-0.05, 0) is 12.7 Å². The fourth-order valence-corrected chi connectivity index (χ4v) is 1.94. The lowest BCUT2D eigenvalue weighted by molar-refractivity contribution is -0.138. The minimum absolute atomic E-state index is 0.0149. The number of aliphatic hydroxyl groups excluding tert-OH is 1. The summed E-state index contributed by atoms with van der Waals surface area (Å²) in [6.07, 6.45) is 2.61. The van der Waals surface area contributed by atoms with Crippen molar-refractivity contribution in [2.24, 2.45) is 0 Å². The van der Waals surface area contributed by atoms with Crippen LogP contribution in [0.25, 0.3) is 0 Å². The summed E-state index contributed by atoms with van der Waals surface area (Å²) in [5, 5.41) is 8.37. The smallest absolute Gasteiger partial charge is 0.242 e. The van der Waals surface area contributed by atoms with Gasteiger partial charge in [-0.25, -0.2) is 0 Å². The molecule has 0 aromatic rings. The molecule has 15 heavy (non-hydrogen) atoms. The maximum absolute atomic E-state index is 11.5. The predicted octanol–water partition coefficient (Wildman–Crippen LogP) is 0.661. The summed E-state index contributed by atoms with van der Waals surface area (Å²) in [5.41, 5.74) is 0. The third-order valence-electron chi connectivity index (χ3n) is 2.03. The summed E-state index contributed by atoms with van der Waals surface area (Å²) in [7, 11) is 0. The quantitative estimate of drug-likeness (QED) is 0.570. The van der Waals surface area contributed by atoms with Crippen LogP contribution in [-0.4, -0.2) is 46.5 Å². The summed E-state index contributed by atoms with van der Waals surface area (Å²) in [6, 6.07) is 0. The van der Waals surface area contributed by atoms with Gasteiger partial charge >= 0.3 is 0 Å². The number of nitrogens with zero attached hydrogens (tertiary/aromatic N) is 1. The Kier molecular flexibility index (Phi) is 7.07. The van der Waals surface area contributed by atoms with Crippen LogP contribution in [-0.2, 0) is 9.59 Å². The lowest BCUT2D eigenvalue weighted by Gasteiger charge is -2.12. The van der Waals surface area contributed by atoms with E-state index >= 15 is 0 Å². The monoisotopic (exact) mass is 231 g/mol. The molecule has 1 aliphatic rings. The summed E-state index contributed by atoms with van der Waals surface area (Å²) in [5.74, 6) is -0.219. The highest BCUT2D eigenvalue weighted by Gasteiger charge is 2.37. The fraction of sp³-hybridized carbons (Fsp3) is 0.600. The van der Waals surface area contributed by atoms with E-state index in [2.05, 4.69) is 13.2 Å². The van der Waals surface area contributed by atoms with Crippen molar-refractivity contribution in [2.45, 2.75) is 18.1 Å². The van der Waals surface area contributed by atoms with E-state index < -0.39 is 0 Å². The zero-order chi connectivity index (χ0) is 11.8. The molecular weight excluding hydrogens is 214 g/mol. The van der Waals surface area contributed by atoms with Gasteiger partial charge in [0.2, 0.25) is 11.8 Å². The van der Waals surface area contributed by atoms with Crippen molar-refractivity contribution < 1.29 is 14.7 Å². The Hall–Kier alpha value is -0.810. The van der Waals surface area contributed by atoms with E-state index in [1.807, 2.05) is 6.26 Å². The molecule has 0 aromatic carbocycles. The molecule has 0 aromatic heterocycles. The zero-order valence-electron chi connectivity index (χ0n) is 8.94. The molecule has 1 saturated heterocycles. The molecule has 86 valence electrons. The first kappa shape index (κ1) is 14.2. The first-order valence-corrected chi connectivity index (χ1v) is 5.97. The highest BCUT2D eigenvalue weighted by Crippen LogP contribution is 2.22. The van der Waals surface area contributed by atoms with Crippen LogP contribution in [0.15, 0.2) is 13.2 Å². The molecule has 1 rings (SSSR count). The van der Waals surface area contributed by atoms with E-state index in [1.165, 1.54) is 16.7 Å². The first-order valence-electron chi connectivity index (χ1n) is 4.68. The number of hydrogen-bond acceptors (Lipinski definition) is 4. The highest BCUT2D eigenvalue weighted by molar-refractivity contribution is 8.00. The molecule has 1 atom stereocenters. The number of likely N-dealkylation sites (tertiary alicyclic amines) is 1. The number of aliphatic hydroxyl groups is 1. The number of amides is 2. The van der Waals surface area contributed by atoms with Crippen LogP contribution in [0.2, 0.25) is 0 Å². The summed E-state index contributed by atoms with van der Waals surface area (Å²) in [4.78, 5) is 24.0. The Bertz CT molecular complexity index is 233. The largest absolute Gasteiger partial charge is 0.396 e. The van der Waals surface area contributed by atoms with Crippen LogP contribution >= 0.6 is 11.8 Å². The number of thioether (sulfide) groups is 1. The van der Waals surface area contributed by atoms with Gasteiger partial charge in [-0.15, -0.1) is 13.2 Å². The molecule has 0 radical (unpaired) electrons. The molecule has 5 heteroatoms. The molecular formula is C10H17NO3S. The third-order valence-corrected chi connectivity index (χ3v) is 2.96. The van der Waals surface area contributed by atoms with Gasteiger partial charge in [-0.2, -0.15) is 11.8 Å². The van der Waals surface area contributed by atoms with E-state index in [-0.39, 0.29) is 23.7 Å². The van der Waals surface area contributed by atoms with E-state index in [4.69, 9.17) is 5.11 Å². The molecule has 0 aliphatic carbocycles. The van der Waals surface area contributed by atoms with Crippen LogP contribution in [0.1, 0.15) is 12.8 Å². The molecule has 0 saturated carbocycles. The number of rotatable bonds is 4. The van der Waals surface area contributed by atoms with Gasteiger partial charge in [0, 0.05) is 19.6 Å². The number of imide groups is 1. The second-order valence-corrected chi connectivity index (χ2v) is 3.93. The molecule has 1 unspecified atom stereocenters. The molecule has 1 heterocycles. The maximum atomic E-state index is 11.5. The molecule has 1 fully saturated rings. The van der Waals surface area contributed by atoms with Crippen molar-refractivity contribution in [3.8, 4) is 0 Å². The van der Waals surface area contributed by atoms with Crippen molar-refractivity contribution in [1.29, 1.82) is 0 Å². The number of hydrogen-bond donors (Lipinski definition) is 1. The van der Waals surface area contributed by atoms with Gasteiger partial charge in [0.05, 0.1) is 5.25 Å². The number of carbonyl (C=O) groups excluding carboxylic acids is 2. The van der Waals surface area contributed by atoms with Crippen LogP contribution < -0.4 is 0 Å². The van der Waals surface area contributed by atoms with Gasteiger partial charge < -0.3 is 5.11 Å². The van der Waals surface area contributed by atoms with Gasteiger partial charge in [-0.1, -0.05) is 0 Å². The van der Waals surface area contributed by atoms with Crippen molar-refractivity contribution in [3.05, 3.63) is 13.2 Å². The van der Waals surface area contributed by atoms with Crippen LogP contribution in [0.5, 0.6) is 0 Å². The van der Waals surface area contributed by atoms with Crippen molar-refractivity contribution in [1.82, 2.24) is 4.90 Å². The van der Waals surface area contributed by atoms with Gasteiger partial charge in [-0.3, -0.25) is 14.5 Å². The van der Waals surface area contributed by atoms with Crippen LogP contribution in [0, 0.1) is 0 Å². The second-order valence-electron chi connectivity index (χ2n) is 2.89. The van der Waals surface area contributed by atoms with Gasteiger partial charge in [0.15, 0.2) is 0 Å². The Morgan fingerprint density at radius 1 is 1.53 bits per heavy atom. The molecule has 0 bridgehead atoms. The van der Waals surface area contributed by atoms with E-state index in [0.717, 1.165) is 0 Å². The van der Waals surface area contributed by atoms with Crippen molar-refractivity contribution in [3.63, 3.8) is 0 Å². The molecule has 0 spiro atoms. The summed E-state index contributed by atoms with van der Waals surface area (Å²) >= 11 is 1.41. The van der Waals surface area contributed by atoms with Gasteiger partial charge in [0.1, 0.15) is 0 Å². The maximum Gasteiger partial charge on any atom is 0.242 e. The average molecular weight is 231 g/mol. The number of carbonyl (C=O) groups is 2. The summed E-state index contributed by atoms with van der Waals surface area (Å²) in [6.45, 7) is 6.37.